The van der Waals surface area contributed by atoms with Crippen molar-refractivity contribution in [2.45, 2.75) is 275 Å². The second-order valence-corrected chi connectivity index (χ2v) is 38.0. The summed E-state index contributed by atoms with van der Waals surface area (Å²) in [6, 6.07) is 28.1. The summed E-state index contributed by atoms with van der Waals surface area (Å²) in [7, 11) is 3.90. The molecular formula is C91H132N21+. The lowest BCUT2D eigenvalue weighted by molar-refractivity contribution is -0.525. The summed E-state index contributed by atoms with van der Waals surface area (Å²) >= 11 is 0. The van der Waals surface area contributed by atoms with Crippen LogP contribution in [-0.2, 0) is 74.7 Å². The predicted molar refractivity (Wildman–Crippen MR) is 457 cm³/mol. The number of aromatic nitrogens is 21. The molecule has 14 rings (SSSR count). The standard InChI is InChI=1S/C12H15N.C11H15N2.2C10H13N3.C9H13N.C8H14N2.3C8H12N2.C7H13N3/c1-12(2,3)11-8-7-9-5-4-6-10(9)13-11;1-11(2,3)9-6-8-13-7-4-5-10(13)12-9;1-10(2,3)8-4-5-9-11-6-7-13(9)12-8;1-10(2,3)9-11-8-6-4-5-7-13(8)12-9;1-9(2,3)8-6-4-5-7-10-8;1-8(2,3)7-9-5-6-10(7)4;1-8(2,3)7-6-9-4-5-10-7;1-8(2,3)7-9-5-4-6-10-7;1-8(2,3)7-5-4-6-9-10-7;1-7(2,3)6-8-5-10(4)9-6/h4,6-8H,5H2,1-3H3;5-8H,4H2,1-3H3;2*4-7H,1-3H3;4-7H,1-3H3;5-6H,1-4H3;3*4-6H,1-3H3;5H,1-4H3/q;+1;;;;;;;;. The van der Waals surface area contributed by atoms with Gasteiger partial charge in [0.15, 0.2) is 28.6 Å². The Morgan fingerprint density at radius 2 is 0.929 bits per heavy atom. The molecular weight excluding hydrogens is 1390 g/mol. The molecule has 0 spiro atoms. The average Bonchev–Trinajstić information content (AvgIpc) is 1.61. The highest BCUT2D eigenvalue weighted by atomic mass is 15.3. The first-order valence-electron chi connectivity index (χ1n) is 38.7. The van der Waals surface area contributed by atoms with Crippen LogP contribution in [0.5, 0.6) is 0 Å². The van der Waals surface area contributed by atoms with E-state index in [2.05, 4.69) is 352 Å². The van der Waals surface area contributed by atoms with Gasteiger partial charge in [0.25, 0.3) is 0 Å². The van der Waals surface area contributed by atoms with Crippen molar-refractivity contribution in [2.24, 2.45) is 14.1 Å². The lowest BCUT2D eigenvalue weighted by Gasteiger charge is -2.18. The van der Waals surface area contributed by atoms with E-state index in [4.69, 9.17) is 0 Å². The maximum Gasteiger partial charge on any atom is 0.324 e. The van der Waals surface area contributed by atoms with Gasteiger partial charge in [0, 0.05) is 173 Å². The number of nitrogens with zero attached hydrogens (tertiary/aromatic N) is 21. The smallest absolute Gasteiger partial charge is 0.324 e. The molecule has 12 aromatic rings. The van der Waals surface area contributed by atoms with Gasteiger partial charge < -0.3 is 4.57 Å². The van der Waals surface area contributed by atoms with E-state index >= 15 is 0 Å². The molecule has 0 aromatic carbocycles. The normalized spacial score (nSPS) is 12.5. The Morgan fingerprint density at radius 3 is 1.38 bits per heavy atom. The third-order valence-electron chi connectivity index (χ3n) is 16.7. The number of fused-ring (bicyclic) bond motifs is 4. The summed E-state index contributed by atoms with van der Waals surface area (Å²) in [5.74, 6) is 3.82. The highest BCUT2D eigenvalue weighted by Crippen LogP contribution is 2.27. The number of pyridine rings is 3. The first kappa shape index (κ1) is 92.3. The van der Waals surface area contributed by atoms with Crippen LogP contribution in [0.2, 0.25) is 0 Å². The van der Waals surface area contributed by atoms with Crippen molar-refractivity contribution in [3.8, 4) is 0 Å². The van der Waals surface area contributed by atoms with Crippen LogP contribution in [0, 0.1) is 6.21 Å². The van der Waals surface area contributed by atoms with Crippen LogP contribution in [0.15, 0.2) is 178 Å². The molecule has 2 aliphatic rings. The predicted octanol–water partition coefficient (Wildman–Crippen LogP) is 18.4. The number of hydrogen-bond acceptors (Lipinski definition) is 16. The van der Waals surface area contributed by atoms with Crippen LogP contribution in [0.25, 0.3) is 23.4 Å². The van der Waals surface area contributed by atoms with Gasteiger partial charge in [0.2, 0.25) is 0 Å². The van der Waals surface area contributed by atoms with E-state index < -0.39 is 0 Å². The molecule has 0 saturated carbocycles. The van der Waals surface area contributed by atoms with Crippen molar-refractivity contribution in [1.82, 2.24) is 98.6 Å². The molecule has 12 aromatic heterocycles. The number of allylic oxidation sites excluding steroid dienone is 1. The lowest BCUT2D eigenvalue weighted by atomic mass is 9.91. The van der Waals surface area contributed by atoms with Crippen LogP contribution in [0.1, 0.15) is 283 Å². The molecule has 0 fully saturated rings. The van der Waals surface area contributed by atoms with Gasteiger partial charge in [0.1, 0.15) is 18.0 Å². The number of rotatable bonds is 0. The largest absolute Gasteiger partial charge is 0.338 e. The van der Waals surface area contributed by atoms with E-state index in [1.54, 1.807) is 63.4 Å². The van der Waals surface area contributed by atoms with Gasteiger partial charge in [-0.3, -0.25) is 24.6 Å². The monoisotopic (exact) mass is 1520 g/mol. The highest BCUT2D eigenvalue weighted by molar-refractivity contribution is 5.56. The second-order valence-electron chi connectivity index (χ2n) is 38.0. The van der Waals surface area contributed by atoms with E-state index in [-0.39, 0.29) is 54.1 Å². The Hall–Kier alpha value is -10.3. The molecule has 0 bridgehead atoms. The molecule has 0 amide bonds. The van der Waals surface area contributed by atoms with Crippen molar-refractivity contribution in [2.75, 3.05) is 0 Å². The molecule has 112 heavy (non-hydrogen) atoms. The minimum Gasteiger partial charge on any atom is -0.338 e. The van der Waals surface area contributed by atoms with Gasteiger partial charge in [-0.25, -0.2) is 43.2 Å². The molecule has 0 saturated heterocycles. The Morgan fingerprint density at radius 1 is 0.366 bits per heavy atom. The van der Waals surface area contributed by atoms with Crippen molar-refractivity contribution in [3.63, 3.8) is 0 Å². The summed E-state index contributed by atoms with van der Waals surface area (Å²) in [5.41, 5.74) is 13.2. The number of aryl methyl sites for hydroxylation is 2. The van der Waals surface area contributed by atoms with Gasteiger partial charge in [-0.15, -0.1) is 0 Å². The zero-order chi connectivity index (χ0) is 83.9. The van der Waals surface area contributed by atoms with Crippen LogP contribution in [0.3, 0.4) is 0 Å². The first-order valence-corrected chi connectivity index (χ1v) is 38.7. The molecule has 1 aliphatic heterocycles. The topological polar surface area (TPSA) is 231 Å². The van der Waals surface area contributed by atoms with Gasteiger partial charge in [-0.05, 0) is 83.7 Å². The molecule has 21 heteroatoms. The van der Waals surface area contributed by atoms with Crippen molar-refractivity contribution in [3.05, 3.63) is 258 Å². The fraction of sp³-hybridized carbons (Fsp3) is 0.484. The lowest BCUT2D eigenvalue weighted by Crippen LogP contribution is -2.38. The van der Waals surface area contributed by atoms with Gasteiger partial charge in [0.05, 0.1) is 35.2 Å². The quantitative estimate of drug-likeness (QED) is 0.128. The Balaban J connectivity index is 0.000000223. The fourth-order valence-corrected chi connectivity index (χ4v) is 9.99. The van der Waals surface area contributed by atoms with Crippen molar-refractivity contribution < 1.29 is 4.24 Å². The van der Waals surface area contributed by atoms with Crippen LogP contribution in [0.4, 0.5) is 0 Å². The van der Waals surface area contributed by atoms with Crippen LogP contribution < -0.4 is 9.72 Å². The Labute approximate surface area is 669 Å². The second kappa shape index (κ2) is 39.2. The summed E-state index contributed by atoms with van der Waals surface area (Å²) in [6.45, 7) is 64.2. The van der Waals surface area contributed by atoms with Gasteiger partial charge in [-0.2, -0.15) is 25.5 Å². The van der Waals surface area contributed by atoms with E-state index in [0.29, 0.717) is 0 Å². The third kappa shape index (κ3) is 31.1. The Bertz CT molecular complexity index is 4680. The third-order valence-corrected chi connectivity index (χ3v) is 16.7. The van der Waals surface area contributed by atoms with E-state index in [9.17, 15) is 0 Å². The van der Waals surface area contributed by atoms with Gasteiger partial charge in [-0.1, -0.05) is 232 Å². The molecule has 13 heterocycles. The summed E-state index contributed by atoms with van der Waals surface area (Å²) < 4.78 is 9.47. The summed E-state index contributed by atoms with van der Waals surface area (Å²) in [6.07, 6.45) is 36.1. The van der Waals surface area contributed by atoms with E-state index in [0.717, 1.165) is 87.1 Å². The Kier molecular flexibility index (Phi) is 32.3. The summed E-state index contributed by atoms with van der Waals surface area (Å²) in [4.78, 5) is 46.9. The molecule has 0 N–H and O–H groups in total. The maximum atomic E-state index is 4.64. The van der Waals surface area contributed by atoms with Crippen LogP contribution in [-0.4, -0.2) is 98.6 Å². The average molecular weight is 1520 g/mol. The fourth-order valence-electron chi connectivity index (χ4n) is 9.99. The van der Waals surface area contributed by atoms with Crippen molar-refractivity contribution >= 4 is 23.4 Å². The molecule has 0 radical (unpaired) electrons. The molecule has 0 atom stereocenters. The molecule has 0 unspecified atom stereocenters. The zero-order valence-electron chi connectivity index (χ0n) is 73.8. The van der Waals surface area contributed by atoms with Crippen LogP contribution >= 0.6 is 0 Å². The molecule has 1 aliphatic carbocycles. The minimum absolute atomic E-state index is 0.0199. The first-order chi connectivity index (χ1) is 51.7. The maximum absolute atomic E-state index is 4.64. The number of imidazole rings is 2. The van der Waals surface area contributed by atoms with E-state index in [1.165, 1.54) is 11.3 Å². The summed E-state index contributed by atoms with van der Waals surface area (Å²) in [5, 5.41) is 20.8. The highest BCUT2D eigenvalue weighted by Gasteiger charge is 2.25. The zero-order valence-corrected chi connectivity index (χ0v) is 73.8. The molecule has 21 nitrogen and oxygen atoms in total. The molecule has 600 valence electrons. The van der Waals surface area contributed by atoms with Gasteiger partial charge >= 0.3 is 5.48 Å². The SMILES string of the molecule is CC(C)(C)c1cc[n+]2c(n1)=CCC=2.CC(C)(C)c1ccc2c(n1)C=CC2.CC(C)(C)c1ccc2nccn2n1.CC(C)(C)c1ccccn1.CC(C)(C)c1cccnn1.CC(C)(C)c1cnccn1.CC(C)(C)c1nc2ccccn2n1.CC(C)(C)c1ncccn1.Cn1ccnc1C(C)(C)C.Cn1cnc(C(C)(C)C)n1. The van der Waals surface area contributed by atoms with Crippen molar-refractivity contribution in [1.29, 1.82) is 0 Å². The number of hydrogen-bond donors (Lipinski definition) is 0. The minimum atomic E-state index is 0.0199. The van der Waals surface area contributed by atoms with E-state index in [1.807, 2.05) is 106 Å².